The molecule has 29 heavy (non-hydrogen) atoms. The molecule has 2 N–H and O–H groups in total. The van der Waals surface area contributed by atoms with Crippen LogP contribution in [0.25, 0.3) is 0 Å². The average molecular weight is 417 g/mol. The first kappa shape index (κ1) is 18.4. The van der Waals surface area contributed by atoms with Crippen LogP contribution in [-0.4, -0.2) is 35.8 Å². The Morgan fingerprint density at radius 1 is 1.07 bits per heavy atom. The molecule has 2 aromatic rings. The molecule has 5 rings (SSSR count). The van der Waals surface area contributed by atoms with Gasteiger partial charge in [0.15, 0.2) is 4.90 Å². The molecule has 9 nitrogen and oxygen atoms in total. The maximum absolute atomic E-state index is 12.9. The van der Waals surface area contributed by atoms with E-state index in [4.69, 9.17) is 9.72 Å². The van der Waals surface area contributed by atoms with Gasteiger partial charge in [-0.3, -0.25) is 4.98 Å². The fourth-order valence-corrected chi connectivity index (χ4v) is 5.80. The third-order valence-corrected chi connectivity index (χ3v) is 7.23. The number of ether oxygens (including phenoxy) is 1. The first-order valence-electron chi connectivity index (χ1n) is 10.0. The zero-order chi connectivity index (χ0) is 20.2. The minimum atomic E-state index is -4.12. The molecule has 2 aliphatic carbocycles. The third-order valence-electron chi connectivity index (χ3n) is 5.77. The van der Waals surface area contributed by atoms with Crippen molar-refractivity contribution >= 4 is 21.7 Å². The summed E-state index contributed by atoms with van der Waals surface area (Å²) in [5.41, 5.74) is 5.20. The normalized spacial score (nSPS) is 17.3. The lowest BCUT2D eigenvalue weighted by molar-refractivity contribution is 0.224. The van der Waals surface area contributed by atoms with Crippen molar-refractivity contribution in [3.8, 4) is 5.88 Å². The summed E-state index contributed by atoms with van der Waals surface area (Å²) in [6.45, 7) is 2.62. The van der Waals surface area contributed by atoms with Gasteiger partial charge in [0.2, 0.25) is 5.88 Å². The van der Waals surface area contributed by atoms with Crippen LogP contribution in [-0.2, 0) is 42.3 Å². The van der Waals surface area contributed by atoms with Crippen LogP contribution in [0.2, 0.25) is 0 Å². The summed E-state index contributed by atoms with van der Waals surface area (Å²) in [6, 6.07) is -0.769. The molecule has 2 amide bonds. The maximum atomic E-state index is 12.9. The van der Waals surface area contributed by atoms with Crippen LogP contribution in [0.5, 0.6) is 5.88 Å². The van der Waals surface area contributed by atoms with Gasteiger partial charge >= 0.3 is 6.03 Å². The molecule has 0 spiro atoms. The maximum Gasteiger partial charge on any atom is 0.333 e. The van der Waals surface area contributed by atoms with Crippen LogP contribution in [0.3, 0.4) is 0 Å². The number of carbonyl (C=O) groups is 1. The summed E-state index contributed by atoms with van der Waals surface area (Å²) < 4.78 is 35.1. The molecule has 154 valence electrons. The van der Waals surface area contributed by atoms with Gasteiger partial charge in [-0.05, 0) is 56.6 Å². The zero-order valence-electron chi connectivity index (χ0n) is 16.2. The monoisotopic (exact) mass is 417 g/mol. The first-order valence-corrected chi connectivity index (χ1v) is 11.5. The van der Waals surface area contributed by atoms with Crippen molar-refractivity contribution in [3.63, 3.8) is 0 Å². The summed E-state index contributed by atoms with van der Waals surface area (Å²) >= 11 is 0. The Balaban J connectivity index is 1.43. The van der Waals surface area contributed by atoms with E-state index in [-0.39, 0.29) is 10.8 Å². The van der Waals surface area contributed by atoms with Crippen molar-refractivity contribution in [1.29, 1.82) is 0 Å². The van der Waals surface area contributed by atoms with Gasteiger partial charge in [0, 0.05) is 24.4 Å². The van der Waals surface area contributed by atoms with Gasteiger partial charge in [-0.15, -0.1) is 0 Å². The van der Waals surface area contributed by atoms with Crippen LogP contribution < -0.4 is 14.8 Å². The van der Waals surface area contributed by atoms with Crippen molar-refractivity contribution in [2.45, 2.75) is 63.3 Å². The number of anilines is 1. The van der Waals surface area contributed by atoms with E-state index in [1.807, 2.05) is 0 Å². The number of aryl methyl sites for hydroxylation is 4. The van der Waals surface area contributed by atoms with Gasteiger partial charge < -0.3 is 10.1 Å². The molecule has 1 aliphatic heterocycles. The number of hydrogen-bond donors (Lipinski definition) is 2. The minimum absolute atomic E-state index is 0.0717. The summed E-state index contributed by atoms with van der Waals surface area (Å²) in [7, 11) is -4.12. The lowest BCUT2D eigenvalue weighted by Gasteiger charge is -2.17. The van der Waals surface area contributed by atoms with Crippen LogP contribution in [0.15, 0.2) is 4.90 Å². The Morgan fingerprint density at radius 2 is 1.76 bits per heavy atom. The molecule has 0 radical (unpaired) electrons. The Kier molecular flexibility index (Phi) is 4.27. The molecule has 2 aromatic heterocycles. The summed E-state index contributed by atoms with van der Waals surface area (Å²) in [4.78, 5) is 17.4. The number of nitrogens with one attached hydrogen (secondary N) is 2. The van der Waals surface area contributed by atoms with Crippen LogP contribution in [0, 0.1) is 6.92 Å². The number of fused-ring (bicyclic) bond motifs is 3. The van der Waals surface area contributed by atoms with E-state index in [0.29, 0.717) is 18.8 Å². The smallest absolute Gasteiger partial charge is 0.333 e. The van der Waals surface area contributed by atoms with Crippen molar-refractivity contribution < 1.29 is 17.9 Å². The second kappa shape index (κ2) is 6.72. The molecule has 0 fully saturated rings. The van der Waals surface area contributed by atoms with E-state index in [9.17, 15) is 13.2 Å². The number of hydrogen-bond acceptors (Lipinski definition) is 6. The van der Waals surface area contributed by atoms with Crippen LogP contribution in [0.4, 0.5) is 10.5 Å². The molecule has 0 bridgehead atoms. The van der Waals surface area contributed by atoms with Crippen molar-refractivity contribution in [2.75, 3.05) is 11.9 Å². The third kappa shape index (κ3) is 3.06. The minimum Gasteiger partial charge on any atom is -0.477 e. The number of urea groups is 1. The van der Waals surface area contributed by atoms with E-state index < -0.39 is 16.1 Å². The molecule has 0 aromatic carbocycles. The van der Waals surface area contributed by atoms with Crippen molar-refractivity contribution in [2.24, 2.45) is 0 Å². The highest BCUT2D eigenvalue weighted by molar-refractivity contribution is 7.90. The van der Waals surface area contributed by atoms with Gasteiger partial charge in [0.25, 0.3) is 10.0 Å². The zero-order valence-corrected chi connectivity index (χ0v) is 17.1. The van der Waals surface area contributed by atoms with Crippen molar-refractivity contribution in [1.82, 2.24) is 19.5 Å². The molecule has 0 saturated heterocycles. The van der Waals surface area contributed by atoms with Gasteiger partial charge in [0.1, 0.15) is 0 Å². The number of sulfonamides is 1. The Morgan fingerprint density at radius 3 is 2.45 bits per heavy atom. The number of rotatable bonds is 3. The summed E-state index contributed by atoms with van der Waals surface area (Å²) in [6.07, 6.45) is 6.26. The predicted molar refractivity (Wildman–Crippen MR) is 105 cm³/mol. The summed E-state index contributed by atoms with van der Waals surface area (Å²) in [5.74, 6) is 0.194. The molecular formula is C19H23N5O4S. The van der Waals surface area contributed by atoms with Gasteiger partial charge in [-0.1, -0.05) is 0 Å². The Hall–Kier alpha value is -2.62. The lowest BCUT2D eigenvalue weighted by Crippen LogP contribution is -2.35. The molecule has 0 atom stereocenters. The highest BCUT2D eigenvalue weighted by Gasteiger charge is 2.32. The molecular weight excluding hydrogens is 394 g/mol. The second-order valence-electron chi connectivity index (χ2n) is 7.75. The SMILES string of the molecule is Cc1nn2c(c1S(=O)(=O)NC(=O)Nc1c3c(nc4c1CCC4)CCC3)OCCC2. The van der Waals surface area contributed by atoms with E-state index in [1.54, 1.807) is 6.92 Å². The van der Waals surface area contributed by atoms with Crippen LogP contribution >= 0.6 is 0 Å². The van der Waals surface area contributed by atoms with E-state index in [1.165, 1.54) is 4.68 Å². The van der Waals surface area contributed by atoms with Crippen LogP contribution in [0.1, 0.15) is 47.5 Å². The Labute approximate surface area is 168 Å². The molecule has 3 aliphatic rings. The fourth-order valence-electron chi connectivity index (χ4n) is 4.58. The number of aromatic nitrogens is 3. The molecule has 10 heteroatoms. The van der Waals surface area contributed by atoms with Gasteiger partial charge in [-0.25, -0.2) is 22.6 Å². The molecule has 3 heterocycles. The number of nitrogens with zero attached hydrogens (tertiary/aromatic N) is 3. The van der Waals surface area contributed by atoms with Gasteiger partial charge in [-0.2, -0.15) is 5.10 Å². The largest absolute Gasteiger partial charge is 0.477 e. The highest BCUT2D eigenvalue weighted by atomic mass is 32.2. The summed E-state index contributed by atoms with van der Waals surface area (Å²) in [5, 5.41) is 7.06. The fraction of sp³-hybridized carbons (Fsp3) is 0.526. The topological polar surface area (TPSA) is 115 Å². The molecule has 0 unspecified atom stereocenters. The first-order chi connectivity index (χ1) is 13.9. The van der Waals surface area contributed by atoms with Crippen molar-refractivity contribution in [3.05, 3.63) is 28.2 Å². The lowest BCUT2D eigenvalue weighted by atomic mass is 10.1. The highest BCUT2D eigenvalue weighted by Crippen LogP contribution is 2.36. The predicted octanol–water partition coefficient (Wildman–Crippen LogP) is 1.86. The van der Waals surface area contributed by atoms with E-state index in [2.05, 4.69) is 15.1 Å². The Bertz CT molecular complexity index is 1090. The van der Waals surface area contributed by atoms with Gasteiger partial charge in [0.05, 0.1) is 18.0 Å². The number of carbonyl (C=O) groups excluding carboxylic acids is 1. The van der Waals surface area contributed by atoms with E-state index in [0.717, 1.165) is 73.1 Å². The quantitative estimate of drug-likeness (QED) is 0.788. The van der Waals surface area contributed by atoms with E-state index >= 15 is 0 Å². The average Bonchev–Trinajstić information content (AvgIpc) is 3.37. The second-order valence-corrected chi connectivity index (χ2v) is 9.37. The standard InChI is InChI=1S/C19H23N5O4S/c1-11-17(18-24(22-11)9-4-10-28-18)29(26,27)23-19(25)21-16-12-5-2-7-14(12)20-15-8-3-6-13(15)16/h2-10H2,1H3,(H2,20,21,23,25). The number of amides is 2. The molecule has 0 saturated carbocycles. The number of pyridine rings is 1.